The van der Waals surface area contributed by atoms with Crippen LogP contribution in [0.15, 0.2) is 24.4 Å². The zero-order valence-corrected chi connectivity index (χ0v) is 11.2. The molecule has 0 aliphatic heterocycles. The third-order valence-electron chi connectivity index (χ3n) is 3.05. The highest BCUT2D eigenvalue weighted by Gasteiger charge is 2.16. The molecule has 0 fully saturated rings. The molecular weight excluding hydrogens is 244 g/mol. The van der Waals surface area contributed by atoms with E-state index in [0.717, 1.165) is 16.9 Å². The van der Waals surface area contributed by atoms with Gasteiger partial charge in [-0.1, -0.05) is 18.2 Å². The van der Waals surface area contributed by atoms with E-state index in [1.54, 1.807) is 7.05 Å². The maximum Gasteiger partial charge on any atom is 0.339 e. The van der Waals surface area contributed by atoms with Crippen LogP contribution in [0.5, 0.6) is 5.75 Å². The van der Waals surface area contributed by atoms with Gasteiger partial charge in [0.15, 0.2) is 0 Å². The Morgan fingerprint density at radius 2 is 2.00 bits per heavy atom. The van der Waals surface area contributed by atoms with Crippen molar-refractivity contribution in [1.29, 1.82) is 0 Å². The van der Waals surface area contributed by atoms with Crippen molar-refractivity contribution in [2.75, 3.05) is 0 Å². The second kappa shape index (κ2) is 5.14. The lowest BCUT2D eigenvalue weighted by Gasteiger charge is -2.12. The van der Waals surface area contributed by atoms with Crippen LogP contribution in [0, 0.1) is 13.8 Å². The van der Waals surface area contributed by atoms with Crippen LogP contribution in [0.2, 0.25) is 0 Å². The number of para-hydroxylation sites is 1. The summed E-state index contributed by atoms with van der Waals surface area (Å²) in [5.41, 5.74) is 2.78. The molecule has 1 N–H and O–H groups in total. The van der Waals surface area contributed by atoms with Gasteiger partial charge in [-0.3, -0.25) is 4.68 Å². The Labute approximate surface area is 111 Å². The molecule has 0 saturated carbocycles. The molecule has 1 heterocycles. The summed E-state index contributed by atoms with van der Waals surface area (Å²) in [5, 5.41) is 13.0. The lowest BCUT2D eigenvalue weighted by Crippen LogP contribution is -2.09. The molecule has 0 radical (unpaired) electrons. The molecule has 0 bridgehead atoms. The number of carboxylic acid groups (broad SMARTS) is 1. The molecule has 0 atom stereocenters. The Hall–Kier alpha value is -2.30. The number of carboxylic acids is 1. The molecule has 0 saturated heterocycles. The van der Waals surface area contributed by atoms with Crippen molar-refractivity contribution in [2.45, 2.75) is 20.5 Å². The topological polar surface area (TPSA) is 64.3 Å². The SMILES string of the molecule is Cc1cccc(C)c1OCc1c(C(=O)O)cnn1C. The van der Waals surface area contributed by atoms with Gasteiger partial charge in [0.2, 0.25) is 0 Å². The third-order valence-corrected chi connectivity index (χ3v) is 3.05. The zero-order valence-electron chi connectivity index (χ0n) is 11.2. The first-order valence-electron chi connectivity index (χ1n) is 5.94. The summed E-state index contributed by atoms with van der Waals surface area (Å²) in [7, 11) is 1.70. The highest BCUT2D eigenvalue weighted by Crippen LogP contribution is 2.23. The average molecular weight is 260 g/mol. The molecule has 0 spiro atoms. The number of rotatable bonds is 4. The fourth-order valence-electron chi connectivity index (χ4n) is 1.98. The Bertz CT molecular complexity index is 597. The fraction of sp³-hybridized carbons (Fsp3) is 0.286. The molecule has 0 amide bonds. The van der Waals surface area contributed by atoms with Crippen molar-refractivity contribution >= 4 is 5.97 Å². The normalized spacial score (nSPS) is 10.5. The molecule has 1 aromatic carbocycles. The van der Waals surface area contributed by atoms with Gasteiger partial charge >= 0.3 is 5.97 Å². The predicted octanol–water partition coefficient (Wildman–Crippen LogP) is 2.31. The van der Waals surface area contributed by atoms with Gasteiger partial charge in [-0.25, -0.2) is 4.79 Å². The smallest absolute Gasteiger partial charge is 0.339 e. The standard InChI is InChI=1S/C14H16N2O3/c1-9-5-4-6-10(2)13(9)19-8-12-11(14(17)18)7-15-16(12)3/h4-7H,8H2,1-3H3,(H,17,18). The summed E-state index contributed by atoms with van der Waals surface area (Å²) in [6.45, 7) is 4.11. The molecule has 19 heavy (non-hydrogen) atoms. The molecular formula is C14H16N2O3. The minimum absolute atomic E-state index is 0.175. The molecule has 5 heteroatoms. The Kier molecular flexibility index (Phi) is 3.55. The summed E-state index contributed by atoms with van der Waals surface area (Å²) < 4.78 is 7.28. The second-order valence-electron chi connectivity index (χ2n) is 4.44. The third kappa shape index (κ3) is 2.59. The Morgan fingerprint density at radius 1 is 1.37 bits per heavy atom. The van der Waals surface area contributed by atoms with Crippen LogP contribution in [0.4, 0.5) is 0 Å². The van der Waals surface area contributed by atoms with Gasteiger partial charge in [0.1, 0.15) is 17.9 Å². The first-order chi connectivity index (χ1) is 9.00. The summed E-state index contributed by atoms with van der Waals surface area (Å²) in [6.07, 6.45) is 1.34. The number of aromatic nitrogens is 2. The van der Waals surface area contributed by atoms with E-state index in [-0.39, 0.29) is 12.2 Å². The summed E-state index contributed by atoms with van der Waals surface area (Å²) in [5.74, 6) is -0.201. The lowest BCUT2D eigenvalue weighted by atomic mass is 10.1. The van der Waals surface area contributed by atoms with E-state index in [4.69, 9.17) is 9.84 Å². The maximum absolute atomic E-state index is 11.1. The van der Waals surface area contributed by atoms with Gasteiger partial charge < -0.3 is 9.84 Å². The number of aromatic carboxylic acids is 1. The van der Waals surface area contributed by atoms with Crippen molar-refractivity contribution in [3.05, 3.63) is 46.8 Å². The number of benzene rings is 1. The minimum atomic E-state index is -0.992. The Morgan fingerprint density at radius 3 is 2.58 bits per heavy atom. The van der Waals surface area contributed by atoms with Crippen LogP contribution >= 0.6 is 0 Å². The molecule has 2 aromatic rings. The number of nitrogens with zero attached hydrogens (tertiary/aromatic N) is 2. The molecule has 5 nitrogen and oxygen atoms in total. The van der Waals surface area contributed by atoms with Crippen molar-refractivity contribution in [2.24, 2.45) is 7.05 Å². The summed E-state index contributed by atoms with van der Waals surface area (Å²) >= 11 is 0. The van der Waals surface area contributed by atoms with Gasteiger partial charge in [-0.15, -0.1) is 0 Å². The predicted molar refractivity (Wildman–Crippen MR) is 70.4 cm³/mol. The van der Waals surface area contributed by atoms with Crippen LogP contribution in [0.1, 0.15) is 27.2 Å². The van der Waals surface area contributed by atoms with E-state index >= 15 is 0 Å². The minimum Gasteiger partial charge on any atom is -0.487 e. The van der Waals surface area contributed by atoms with Crippen molar-refractivity contribution in [3.63, 3.8) is 0 Å². The van der Waals surface area contributed by atoms with Crippen LogP contribution in [-0.2, 0) is 13.7 Å². The molecule has 0 unspecified atom stereocenters. The molecule has 100 valence electrons. The fourth-order valence-corrected chi connectivity index (χ4v) is 1.98. The van der Waals surface area contributed by atoms with E-state index in [1.165, 1.54) is 10.9 Å². The molecule has 0 aliphatic carbocycles. The van der Waals surface area contributed by atoms with Crippen LogP contribution in [0.25, 0.3) is 0 Å². The number of carbonyl (C=O) groups is 1. The maximum atomic E-state index is 11.1. The number of hydrogen-bond acceptors (Lipinski definition) is 3. The van der Waals surface area contributed by atoms with Gasteiger partial charge in [0.25, 0.3) is 0 Å². The van der Waals surface area contributed by atoms with Crippen LogP contribution in [-0.4, -0.2) is 20.9 Å². The van der Waals surface area contributed by atoms with Gasteiger partial charge in [0.05, 0.1) is 11.9 Å². The van der Waals surface area contributed by atoms with E-state index in [2.05, 4.69) is 5.10 Å². The van der Waals surface area contributed by atoms with Crippen LogP contribution in [0.3, 0.4) is 0 Å². The van der Waals surface area contributed by atoms with Gasteiger partial charge in [-0.2, -0.15) is 5.10 Å². The zero-order chi connectivity index (χ0) is 14.0. The Balaban J connectivity index is 2.24. The number of aryl methyl sites for hydroxylation is 3. The number of ether oxygens (including phenoxy) is 1. The summed E-state index contributed by atoms with van der Waals surface area (Å²) in [6, 6.07) is 5.89. The largest absolute Gasteiger partial charge is 0.487 e. The van der Waals surface area contributed by atoms with E-state index in [1.807, 2.05) is 32.0 Å². The molecule has 0 aliphatic rings. The van der Waals surface area contributed by atoms with Crippen molar-refractivity contribution in [1.82, 2.24) is 9.78 Å². The van der Waals surface area contributed by atoms with Gasteiger partial charge in [-0.05, 0) is 25.0 Å². The van der Waals surface area contributed by atoms with Crippen LogP contribution < -0.4 is 4.74 Å². The van der Waals surface area contributed by atoms with Gasteiger partial charge in [0, 0.05) is 7.05 Å². The van der Waals surface area contributed by atoms with Crippen molar-refractivity contribution in [3.8, 4) is 5.75 Å². The lowest BCUT2D eigenvalue weighted by molar-refractivity contribution is 0.0693. The van der Waals surface area contributed by atoms with Crippen molar-refractivity contribution < 1.29 is 14.6 Å². The second-order valence-corrected chi connectivity index (χ2v) is 4.44. The van der Waals surface area contributed by atoms with E-state index < -0.39 is 5.97 Å². The quantitative estimate of drug-likeness (QED) is 0.916. The molecule has 1 aromatic heterocycles. The first kappa shape index (κ1) is 13.1. The molecule has 2 rings (SSSR count). The first-order valence-corrected chi connectivity index (χ1v) is 5.94. The summed E-state index contributed by atoms with van der Waals surface area (Å²) in [4.78, 5) is 11.1. The van der Waals surface area contributed by atoms with E-state index in [9.17, 15) is 4.79 Å². The van der Waals surface area contributed by atoms with E-state index in [0.29, 0.717) is 5.69 Å². The highest BCUT2D eigenvalue weighted by atomic mass is 16.5. The average Bonchev–Trinajstić information content (AvgIpc) is 2.70. The number of hydrogen-bond donors (Lipinski definition) is 1. The highest BCUT2D eigenvalue weighted by molar-refractivity contribution is 5.88. The monoisotopic (exact) mass is 260 g/mol.